The molecule has 9 heteroatoms. The first-order valence-electron chi connectivity index (χ1n) is 7.80. The molecule has 2 aromatic carbocycles. The molecule has 2 N–H and O–H groups in total. The second kappa shape index (κ2) is 6.92. The lowest BCUT2D eigenvalue weighted by Gasteiger charge is -2.03. The van der Waals surface area contributed by atoms with E-state index in [0.717, 1.165) is 4.88 Å². The van der Waals surface area contributed by atoms with Gasteiger partial charge in [0.25, 0.3) is 5.91 Å². The summed E-state index contributed by atoms with van der Waals surface area (Å²) in [4.78, 5) is 24.9. The number of carbonyl (C=O) groups is 1. The van der Waals surface area contributed by atoms with E-state index in [2.05, 4.69) is 20.3 Å². The number of amides is 1. The van der Waals surface area contributed by atoms with Crippen LogP contribution in [0.3, 0.4) is 0 Å². The Hall–Kier alpha value is -2.48. The average molecular weight is 421 g/mol. The van der Waals surface area contributed by atoms with E-state index in [1.807, 2.05) is 6.92 Å². The van der Waals surface area contributed by atoms with Crippen molar-refractivity contribution in [2.75, 3.05) is 5.32 Å². The number of aromatic nitrogens is 3. The third-order valence-corrected chi connectivity index (χ3v) is 5.27. The average Bonchev–Trinajstić information content (AvgIpc) is 3.21. The molecule has 0 bridgehead atoms. The first kappa shape index (κ1) is 17.9. The highest BCUT2D eigenvalue weighted by Crippen LogP contribution is 2.32. The van der Waals surface area contributed by atoms with Crippen LogP contribution in [0.15, 0.2) is 36.5 Å². The van der Waals surface area contributed by atoms with E-state index in [-0.39, 0.29) is 27.3 Å². The van der Waals surface area contributed by atoms with Crippen LogP contribution >= 0.6 is 34.5 Å². The third kappa shape index (κ3) is 3.41. The van der Waals surface area contributed by atoms with Crippen LogP contribution < -0.4 is 5.32 Å². The van der Waals surface area contributed by atoms with Gasteiger partial charge in [-0.05, 0) is 31.2 Å². The Bertz CT molecular complexity index is 1170. The van der Waals surface area contributed by atoms with Crippen LogP contribution in [0, 0.1) is 12.7 Å². The Morgan fingerprint density at radius 2 is 2.07 bits per heavy atom. The van der Waals surface area contributed by atoms with Crippen molar-refractivity contribution in [3.8, 4) is 11.4 Å². The molecule has 1 amide bonds. The fraction of sp³-hybridized carbons (Fsp3) is 0.0556. The molecule has 0 aliphatic rings. The summed E-state index contributed by atoms with van der Waals surface area (Å²) in [5.74, 6) is -0.619. The van der Waals surface area contributed by atoms with Crippen molar-refractivity contribution in [3.05, 3.63) is 62.8 Å². The fourth-order valence-electron chi connectivity index (χ4n) is 2.63. The molecule has 4 rings (SSSR count). The second-order valence-electron chi connectivity index (χ2n) is 5.77. The summed E-state index contributed by atoms with van der Waals surface area (Å²) < 4.78 is 14.2. The molecule has 0 radical (unpaired) electrons. The molecule has 0 aliphatic heterocycles. The number of anilines is 1. The van der Waals surface area contributed by atoms with Gasteiger partial charge in [0.2, 0.25) is 0 Å². The number of hydrogen-bond acceptors (Lipinski definition) is 4. The van der Waals surface area contributed by atoms with Gasteiger partial charge in [-0.15, -0.1) is 11.3 Å². The van der Waals surface area contributed by atoms with Crippen molar-refractivity contribution in [1.29, 1.82) is 0 Å². The SMILES string of the molecule is Cc1cnc(NC(=O)c2cc(Cl)c3nc(-c4c(F)cccc4Cl)[nH]c3c2)s1. The Kier molecular flexibility index (Phi) is 4.59. The van der Waals surface area contributed by atoms with E-state index in [1.54, 1.807) is 18.3 Å². The number of halogens is 3. The van der Waals surface area contributed by atoms with Crippen molar-refractivity contribution >= 4 is 56.6 Å². The molecule has 0 aliphatic carbocycles. The molecule has 136 valence electrons. The maximum absolute atomic E-state index is 14.2. The molecule has 0 spiro atoms. The van der Waals surface area contributed by atoms with E-state index in [1.165, 1.54) is 29.5 Å². The summed E-state index contributed by atoms with van der Waals surface area (Å²) in [6.45, 7) is 1.90. The standard InChI is InChI=1S/C18H11Cl2FN4OS/c1-8-7-22-18(27-8)25-17(26)9-5-11(20)15-13(6-9)23-16(24-15)14-10(19)3-2-4-12(14)21/h2-7H,1H3,(H,23,24)(H,22,25,26). The molecule has 4 aromatic rings. The van der Waals surface area contributed by atoms with Crippen LogP contribution in [-0.2, 0) is 0 Å². The van der Waals surface area contributed by atoms with E-state index in [0.29, 0.717) is 21.7 Å². The number of hydrogen-bond donors (Lipinski definition) is 2. The Labute approximate surface area is 167 Å². The number of nitrogens with one attached hydrogen (secondary N) is 2. The van der Waals surface area contributed by atoms with Gasteiger partial charge in [0, 0.05) is 16.6 Å². The maximum atomic E-state index is 14.2. The lowest BCUT2D eigenvalue weighted by atomic mass is 10.2. The largest absolute Gasteiger partial charge is 0.338 e. The maximum Gasteiger partial charge on any atom is 0.257 e. The Balaban J connectivity index is 1.74. The summed E-state index contributed by atoms with van der Waals surface area (Å²) in [7, 11) is 0. The van der Waals surface area contributed by atoms with E-state index < -0.39 is 5.82 Å². The van der Waals surface area contributed by atoms with Gasteiger partial charge in [-0.25, -0.2) is 14.4 Å². The Morgan fingerprint density at radius 3 is 2.78 bits per heavy atom. The first-order chi connectivity index (χ1) is 12.9. The van der Waals surface area contributed by atoms with Crippen molar-refractivity contribution in [3.63, 3.8) is 0 Å². The fourth-order valence-corrected chi connectivity index (χ4v) is 3.80. The monoisotopic (exact) mass is 420 g/mol. The van der Waals surface area contributed by atoms with Crippen molar-refractivity contribution < 1.29 is 9.18 Å². The highest BCUT2D eigenvalue weighted by atomic mass is 35.5. The topological polar surface area (TPSA) is 70.7 Å². The van der Waals surface area contributed by atoms with Crippen LogP contribution in [0.2, 0.25) is 10.0 Å². The van der Waals surface area contributed by atoms with Gasteiger partial charge in [0.15, 0.2) is 5.13 Å². The van der Waals surface area contributed by atoms with Gasteiger partial charge in [0.1, 0.15) is 17.2 Å². The predicted octanol–water partition coefficient (Wildman–Crippen LogP) is 5.69. The third-order valence-electron chi connectivity index (χ3n) is 3.84. The number of aryl methyl sites for hydroxylation is 1. The normalized spacial score (nSPS) is 11.1. The van der Waals surface area contributed by atoms with Crippen LogP contribution in [0.5, 0.6) is 0 Å². The van der Waals surface area contributed by atoms with Crippen molar-refractivity contribution in [2.24, 2.45) is 0 Å². The number of rotatable bonds is 3. The van der Waals surface area contributed by atoms with Crippen molar-refractivity contribution in [1.82, 2.24) is 15.0 Å². The van der Waals surface area contributed by atoms with Crippen LogP contribution in [0.4, 0.5) is 9.52 Å². The smallest absolute Gasteiger partial charge is 0.257 e. The summed E-state index contributed by atoms with van der Waals surface area (Å²) in [6, 6.07) is 7.49. The molecule has 0 saturated carbocycles. The number of aromatic amines is 1. The molecule has 0 atom stereocenters. The number of imidazole rings is 1. The van der Waals surface area contributed by atoms with Crippen LogP contribution in [0.1, 0.15) is 15.2 Å². The molecule has 5 nitrogen and oxygen atoms in total. The highest BCUT2D eigenvalue weighted by molar-refractivity contribution is 7.15. The lowest BCUT2D eigenvalue weighted by Crippen LogP contribution is -2.11. The van der Waals surface area contributed by atoms with Gasteiger partial charge in [0.05, 0.1) is 21.1 Å². The minimum Gasteiger partial charge on any atom is -0.338 e. The quantitative estimate of drug-likeness (QED) is 0.446. The van der Waals surface area contributed by atoms with Crippen LogP contribution in [-0.4, -0.2) is 20.9 Å². The zero-order chi connectivity index (χ0) is 19.1. The number of carbonyl (C=O) groups excluding carboxylic acids is 1. The van der Waals surface area contributed by atoms with Gasteiger partial charge in [-0.3, -0.25) is 10.1 Å². The summed E-state index contributed by atoms with van der Waals surface area (Å²) in [5, 5.41) is 3.71. The zero-order valence-corrected chi connectivity index (χ0v) is 16.1. The molecule has 27 heavy (non-hydrogen) atoms. The summed E-state index contributed by atoms with van der Waals surface area (Å²) in [5.41, 5.74) is 1.40. The molecular formula is C18H11Cl2FN4OS. The molecule has 2 aromatic heterocycles. The number of fused-ring (bicyclic) bond motifs is 1. The van der Waals surface area contributed by atoms with E-state index in [4.69, 9.17) is 23.2 Å². The number of benzene rings is 2. The highest BCUT2D eigenvalue weighted by Gasteiger charge is 2.17. The molecule has 0 unspecified atom stereocenters. The number of nitrogens with zero attached hydrogens (tertiary/aromatic N) is 2. The summed E-state index contributed by atoms with van der Waals surface area (Å²) >= 11 is 13.8. The predicted molar refractivity (Wildman–Crippen MR) is 106 cm³/mol. The lowest BCUT2D eigenvalue weighted by molar-refractivity contribution is 0.102. The van der Waals surface area contributed by atoms with E-state index in [9.17, 15) is 9.18 Å². The van der Waals surface area contributed by atoms with Gasteiger partial charge in [-0.2, -0.15) is 0 Å². The van der Waals surface area contributed by atoms with E-state index >= 15 is 0 Å². The molecular weight excluding hydrogens is 410 g/mol. The number of H-pyrrole nitrogens is 1. The van der Waals surface area contributed by atoms with Crippen molar-refractivity contribution in [2.45, 2.75) is 6.92 Å². The summed E-state index contributed by atoms with van der Waals surface area (Å²) in [6.07, 6.45) is 1.68. The zero-order valence-electron chi connectivity index (χ0n) is 13.8. The van der Waals surface area contributed by atoms with Gasteiger partial charge in [-0.1, -0.05) is 29.3 Å². The minimum atomic E-state index is -0.505. The Morgan fingerprint density at radius 1 is 1.26 bits per heavy atom. The number of thiazole rings is 1. The van der Waals surface area contributed by atoms with Gasteiger partial charge >= 0.3 is 0 Å². The second-order valence-corrected chi connectivity index (χ2v) is 7.82. The minimum absolute atomic E-state index is 0.149. The first-order valence-corrected chi connectivity index (χ1v) is 9.37. The van der Waals surface area contributed by atoms with Crippen LogP contribution in [0.25, 0.3) is 22.4 Å². The van der Waals surface area contributed by atoms with Gasteiger partial charge < -0.3 is 4.98 Å². The molecule has 0 saturated heterocycles. The molecule has 2 heterocycles. The molecule has 0 fully saturated rings.